The zero-order valence-electron chi connectivity index (χ0n) is 9.73. The van der Waals surface area contributed by atoms with Crippen molar-refractivity contribution in [3.05, 3.63) is 23.6 Å². The van der Waals surface area contributed by atoms with Crippen molar-refractivity contribution < 1.29 is 16.7 Å². The van der Waals surface area contributed by atoms with E-state index in [1.807, 2.05) is 0 Å². The molecule has 6 heteroatoms. The lowest BCUT2D eigenvalue weighted by atomic mass is 10.2. The molecule has 0 spiro atoms. The number of hydrogen-bond donors (Lipinski definition) is 1. The molecule has 0 aliphatic carbocycles. The number of carbonyl (C=O) groups is 2. The van der Waals surface area contributed by atoms with Gasteiger partial charge in [0.25, 0.3) is 0 Å². The molecule has 4 nitrogen and oxygen atoms in total. The standard InChI is InChI=1S/C9H8BrFN2O2/c1-5(14)12-8-3-2-6(7(15)4-10)9(11)13-8/h2-3H,4H2,1H3,(H,12,13,14)/i2D,3D. The van der Waals surface area contributed by atoms with Crippen LogP contribution in [0.5, 0.6) is 0 Å². The Morgan fingerprint density at radius 2 is 2.33 bits per heavy atom. The second-order valence-electron chi connectivity index (χ2n) is 2.61. The van der Waals surface area contributed by atoms with E-state index in [2.05, 4.69) is 26.2 Å². The highest BCUT2D eigenvalue weighted by Crippen LogP contribution is 2.11. The fourth-order valence-electron chi connectivity index (χ4n) is 0.833. The quantitative estimate of drug-likeness (QED) is 0.520. The van der Waals surface area contributed by atoms with Crippen molar-refractivity contribution in [2.45, 2.75) is 6.92 Å². The van der Waals surface area contributed by atoms with E-state index in [0.717, 1.165) is 0 Å². The van der Waals surface area contributed by atoms with Crippen LogP contribution in [0.3, 0.4) is 0 Å². The van der Waals surface area contributed by atoms with Gasteiger partial charge in [0.15, 0.2) is 5.78 Å². The number of nitrogens with one attached hydrogen (secondary N) is 1. The van der Waals surface area contributed by atoms with Gasteiger partial charge in [0.1, 0.15) is 5.82 Å². The Morgan fingerprint density at radius 3 is 2.87 bits per heavy atom. The fourth-order valence-corrected chi connectivity index (χ4v) is 1.11. The van der Waals surface area contributed by atoms with Crippen LogP contribution in [-0.4, -0.2) is 22.0 Å². The number of nitrogens with zero attached hydrogens (tertiary/aromatic N) is 1. The molecule has 0 radical (unpaired) electrons. The molecule has 15 heavy (non-hydrogen) atoms. The number of halogens is 2. The first kappa shape index (κ1) is 8.96. The third-order valence-electron chi connectivity index (χ3n) is 1.42. The van der Waals surface area contributed by atoms with E-state index in [9.17, 15) is 14.0 Å². The maximum Gasteiger partial charge on any atom is 0.225 e. The highest BCUT2D eigenvalue weighted by atomic mass is 79.9. The van der Waals surface area contributed by atoms with Crippen molar-refractivity contribution in [3.63, 3.8) is 0 Å². The molecule has 1 aromatic rings. The minimum atomic E-state index is -1.17. The maximum absolute atomic E-state index is 13.5. The topological polar surface area (TPSA) is 59.1 Å². The second-order valence-corrected chi connectivity index (χ2v) is 3.17. The predicted octanol–water partition coefficient (Wildman–Crippen LogP) is 1.76. The summed E-state index contributed by atoms with van der Waals surface area (Å²) in [4.78, 5) is 25.4. The second kappa shape index (κ2) is 4.97. The van der Waals surface area contributed by atoms with Crippen molar-refractivity contribution in [2.24, 2.45) is 0 Å². The summed E-state index contributed by atoms with van der Waals surface area (Å²) >= 11 is 2.84. The summed E-state index contributed by atoms with van der Waals surface area (Å²) in [5.41, 5.74) is -0.555. The molecule has 0 saturated heterocycles. The van der Waals surface area contributed by atoms with Crippen molar-refractivity contribution in [3.8, 4) is 0 Å². The van der Waals surface area contributed by atoms with Crippen LogP contribution in [0, 0.1) is 5.95 Å². The van der Waals surface area contributed by atoms with Crippen molar-refractivity contribution in [2.75, 3.05) is 10.6 Å². The molecule has 0 saturated carbocycles. The molecular formula is C9H8BrFN2O2. The van der Waals surface area contributed by atoms with Crippen LogP contribution in [0.4, 0.5) is 10.2 Å². The molecule has 80 valence electrons. The van der Waals surface area contributed by atoms with Gasteiger partial charge in [-0.2, -0.15) is 4.39 Å². The molecule has 1 amide bonds. The summed E-state index contributed by atoms with van der Waals surface area (Å²) in [5, 5.41) is 1.95. The zero-order valence-corrected chi connectivity index (χ0v) is 9.31. The number of rotatable bonds is 3. The molecule has 1 rings (SSSR count). The van der Waals surface area contributed by atoms with Crippen molar-refractivity contribution in [1.29, 1.82) is 0 Å². The minimum Gasteiger partial charge on any atom is -0.311 e. The molecule has 0 aliphatic rings. The molecule has 0 unspecified atom stereocenters. The molecule has 0 atom stereocenters. The Kier molecular flexibility index (Phi) is 2.97. The fraction of sp³-hybridized carbons (Fsp3) is 0.222. The summed E-state index contributed by atoms with van der Waals surface area (Å²) in [6.45, 7) is 1.17. The van der Waals surface area contributed by atoms with E-state index in [0.29, 0.717) is 0 Å². The predicted molar refractivity (Wildman–Crippen MR) is 56.6 cm³/mol. The number of alkyl halides is 1. The van der Waals surface area contributed by atoms with Gasteiger partial charge in [-0.1, -0.05) is 15.9 Å². The van der Waals surface area contributed by atoms with E-state index in [4.69, 9.17) is 2.74 Å². The summed E-state index contributed by atoms with van der Waals surface area (Å²) in [6, 6.07) is -1.09. The summed E-state index contributed by atoms with van der Waals surface area (Å²) in [5.74, 6) is -2.75. The SMILES string of the molecule is [2H]c1c(NC(C)=O)nc(F)c(C(=O)CBr)c1[2H]. The van der Waals surface area contributed by atoms with Gasteiger partial charge in [-0.3, -0.25) is 9.59 Å². The molecule has 1 aromatic heterocycles. The largest absolute Gasteiger partial charge is 0.311 e. The van der Waals surface area contributed by atoms with Crippen LogP contribution in [-0.2, 0) is 4.79 Å². The van der Waals surface area contributed by atoms with Gasteiger partial charge in [0.05, 0.1) is 13.6 Å². The molecule has 0 bridgehead atoms. The number of anilines is 1. The minimum absolute atomic E-state index is 0.170. The number of amides is 1. The average Bonchev–Trinajstić information content (AvgIpc) is 2.24. The van der Waals surface area contributed by atoms with Gasteiger partial charge < -0.3 is 5.32 Å². The first-order valence-electron chi connectivity index (χ1n) is 4.92. The summed E-state index contributed by atoms with van der Waals surface area (Å²) in [7, 11) is 0. The smallest absolute Gasteiger partial charge is 0.225 e. The van der Waals surface area contributed by atoms with Gasteiger partial charge in [-0.25, -0.2) is 4.98 Å². The van der Waals surface area contributed by atoms with Crippen LogP contribution in [0.25, 0.3) is 0 Å². The maximum atomic E-state index is 13.5. The van der Waals surface area contributed by atoms with Gasteiger partial charge in [0, 0.05) is 6.92 Å². The van der Waals surface area contributed by atoms with Gasteiger partial charge in [-0.05, 0) is 12.1 Å². The molecule has 1 heterocycles. The molecule has 0 aromatic carbocycles. The normalized spacial score (nSPS) is 11.7. The van der Waals surface area contributed by atoms with Crippen LogP contribution in [0.2, 0.25) is 0 Å². The monoisotopic (exact) mass is 276 g/mol. The van der Waals surface area contributed by atoms with E-state index < -0.39 is 35.3 Å². The lowest BCUT2D eigenvalue weighted by Crippen LogP contribution is -2.11. The molecule has 1 N–H and O–H groups in total. The highest BCUT2D eigenvalue weighted by Gasteiger charge is 2.12. The Hall–Kier alpha value is -1.30. The number of hydrogen-bond acceptors (Lipinski definition) is 3. The highest BCUT2D eigenvalue weighted by molar-refractivity contribution is 9.09. The van der Waals surface area contributed by atoms with Gasteiger partial charge in [-0.15, -0.1) is 0 Å². The molecule has 0 aliphatic heterocycles. The van der Waals surface area contributed by atoms with Crippen molar-refractivity contribution >= 4 is 33.4 Å². The Morgan fingerprint density at radius 1 is 1.67 bits per heavy atom. The number of pyridine rings is 1. The number of ketones is 1. The Labute approximate surface area is 96.8 Å². The Balaban J connectivity index is 3.36. The zero-order chi connectivity index (χ0) is 13.2. The van der Waals surface area contributed by atoms with Crippen LogP contribution >= 0.6 is 15.9 Å². The lowest BCUT2D eigenvalue weighted by molar-refractivity contribution is -0.114. The van der Waals surface area contributed by atoms with E-state index >= 15 is 0 Å². The number of carbonyl (C=O) groups excluding carboxylic acids is 2. The van der Waals surface area contributed by atoms with Gasteiger partial charge >= 0.3 is 0 Å². The van der Waals surface area contributed by atoms with E-state index in [1.54, 1.807) is 0 Å². The average molecular weight is 277 g/mol. The lowest BCUT2D eigenvalue weighted by Gasteiger charge is -2.03. The third-order valence-corrected chi connectivity index (χ3v) is 1.93. The molecule has 0 fully saturated rings. The first-order chi connectivity index (χ1) is 7.88. The van der Waals surface area contributed by atoms with Crippen LogP contribution in [0.1, 0.15) is 20.0 Å². The number of Topliss-reactive ketones (excluding diaryl/α,β-unsaturated/α-hetero) is 1. The van der Waals surface area contributed by atoms with Crippen molar-refractivity contribution in [1.82, 2.24) is 4.98 Å². The summed E-state index contributed by atoms with van der Waals surface area (Å²) in [6.07, 6.45) is 0. The first-order valence-corrected chi connectivity index (χ1v) is 5.04. The van der Waals surface area contributed by atoms with E-state index in [-0.39, 0.29) is 11.1 Å². The van der Waals surface area contributed by atoms with Gasteiger partial charge in [0.2, 0.25) is 11.9 Å². The third kappa shape index (κ3) is 3.09. The van der Waals surface area contributed by atoms with Crippen LogP contribution in [0.15, 0.2) is 12.1 Å². The molecular weight excluding hydrogens is 267 g/mol. The summed E-state index contributed by atoms with van der Waals surface area (Å²) < 4.78 is 28.5. The number of aromatic nitrogens is 1. The van der Waals surface area contributed by atoms with Crippen LogP contribution < -0.4 is 5.32 Å². The Bertz CT molecular complexity index is 496. The van der Waals surface area contributed by atoms with E-state index in [1.165, 1.54) is 6.92 Å².